The molecular weight excluding hydrogens is 270 g/mol. The quantitative estimate of drug-likeness (QED) is 0.662. The summed E-state index contributed by atoms with van der Waals surface area (Å²) in [4.78, 5) is 10.1. The van der Waals surface area contributed by atoms with Gasteiger partial charge in [0.1, 0.15) is 12.7 Å². The Kier molecular flexibility index (Phi) is 3.14. The Hall–Kier alpha value is -2.17. The molecule has 0 saturated heterocycles. The Morgan fingerprint density at radius 2 is 2.28 bits per heavy atom. The first-order valence-electron chi connectivity index (χ1n) is 4.56. The van der Waals surface area contributed by atoms with E-state index >= 15 is 0 Å². The zero-order valence-corrected chi connectivity index (χ0v) is 9.47. The number of hydrogen-bond acceptors (Lipinski definition) is 7. The molecule has 0 aliphatic carbocycles. The number of nitrogen functional groups attached to an aromatic ring is 1. The fourth-order valence-corrected chi connectivity index (χ4v) is 1.87. The third kappa shape index (κ3) is 2.40. The zero-order valence-electron chi connectivity index (χ0n) is 8.66. The van der Waals surface area contributed by atoms with Crippen LogP contribution in [0.15, 0.2) is 6.20 Å². The van der Waals surface area contributed by atoms with Crippen molar-refractivity contribution in [2.45, 2.75) is 13.0 Å². The van der Waals surface area contributed by atoms with Crippen LogP contribution >= 0.6 is 11.3 Å². The highest BCUT2D eigenvalue weighted by molar-refractivity contribution is 7.18. The maximum Gasteiger partial charge on any atom is 0.317 e. The van der Waals surface area contributed by atoms with E-state index in [2.05, 4.69) is 15.3 Å². The number of rotatable bonds is 4. The van der Waals surface area contributed by atoms with Gasteiger partial charge in [0.25, 0.3) is 6.43 Å². The Bertz CT molecular complexity index is 582. The lowest BCUT2D eigenvalue weighted by molar-refractivity contribution is -0.384. The lowest BCUT2D eigenvalue weighted by Crippen LogP contribution is -2.06. The minimum Gasteiger partial charge on any atom is -0.374 e. The van der Waals surface area contributed by atoms with Gasteiger partial charge in [0.15, 0.2) is 5.01 Å². The van der Waals surface area contributed by atoms with Crippen LogP contribution in [0.4, 0.5) is 19.6 Å². The molecule has 2 aromatic rings. The molecule has 0 atom stereocenters. The number of halogens is 2. The highest BCUT2D eigenvalue weighted by atomic mass is 32.1. The van der Waals surface area contributed by atoms with Gasteiger partial charge in [-0.25, -0.2) is 8.78 Å². The van der Waals surface area contributed by atoms with Crippen LogP contribution < -0.4 is 5.73 Å². The monoisotopic (exact) mass is 276 g/mol. The fourth-order valence-electron chi connectivity index (χ4n) is 1.26. The first-order valence-corrected chi connectivity index (χ1v) is 5.38. The number of nitrogens with zero attached hydrogens (tertiary/aromatic N) is 5. The van der Waals surface area contributed by atoms with Crippen molar-refractivity contribution in [1.82, 2.24) is 20.0 Å². The second-order valence-electron chi connectivity index (χ2n) is 3.18. The third-order valence-corrected chi connectivity index (χ3v) is 2.67. The van der Waals surface area contributed by atoms with E-state index in [1.54, 1.807) is 0 Å². The average molecular weight is 276 g/mol. The highest BCUT2D eigenvalue weighted by Crippen LogP contribution is 2.31. The highest BCUT2D eigenvalue weighted by Gasteiger charge is 2.24. The molecule has 96 valence electrons. The summed E-state index contributed by atoms with van der Waals surface area (Å²) in [5, 5.41) is 21.8. The van der Waals surface area contributed by atoms with Gasteiger partial charge in [0, 0.05) is 0 Å². The van der Waals surface area contributed by atoms with E-state index in [1.165, 1.54) is 0 Å². The van der Waals surface area contributed by atoms with E-state index in [0.29, 0.717) is 0 Å². The maximum absolute atomic E-state index is 12.2. The molecule has 2 heterocycles. The number of nitro groups is 1. The predicted molar refractivity (Wildman–Crippen MR) is 58.2 cm³/mol. The Morgan fingerprint density at radius 1 is 1.56 bits per heavy atom. The van der Waals surface area contributed by atoms with E-state index in [9.17, 15) is 18.9 Å². The topological polar surface area (TPSA) is 113 Å². The van der Waals surface area contributed by atoms with Crippen LogP contribution in [0.1, 0.15) is 0 Å². The van der Waals surface area contributed by atoms with Crippen molar-refractivity contribution < 1.29 is 13.7 Å². The first-order chi connectivity index (χ1) is 8.47. The lowest BCUT2D eigenvalue weighted by atomic mass is 10.4. The summed E-state index contributed by atoms with van der Waals surface area (Å²) >= 11 is 0.892. The number of anilines is 1. The minimum absolute atomic E-state index is 0.114. The van der Waals surface area contributed by atoms with Crippen LogP contribution in [-0.4, -0.2) is 31.3 Å². The molecular formula is C7H6F2N6O2S. The Morgan fingerprint density at radius 3 is 2.78 bits per heavy atom. The van der Waals surface area contributed by atoms with Crippen LogP contribution in [0.25, 0.3) is 10.7 Å². The summed E-state index contributed by atoms with van der Waals surface area (Å²) in [6, 6.07) is 0. The number of aromatic nitrogens is 4. The number of hydrogen-bond donors (Lipinski definition) is 1. The van der Waals surface area contributed by atoms with Gasteiger partial charge >= 0.3 is 5.69 Å². The summed E-state index contributed by atoms with van der Waals surface area (Å²) in [7, 11) is 0. The van der Waals surface area contributed by atoms with E-state index in [1.807, 2.05) is 0 Å². The molecule has 0 aromatic carbocycles. The second-order valence-corrected chi connectivity index (χ2v) is 4.19. The van der Waals surface area contributed by atoms with Crippen LogP contribution in [0.3, 0.4) is 0 Å². The lowest BCUT2D eigenvalue weighted by Gasteiger charge is -1.96. The average Bonchev–Trinajstić information content (AvgIpc) is 2.83. The predicted octanol–water partition coefficient (Wildman–Crippen LogP) is 1.16. The normalized spacial score (nSPS) is 11.1. The molecule has 0 amide bonds. The van der Waals surface area contributed by atoms with Gasteiger partial charge in [-0.15, -0.1) is 10.2 Å². The van der Waals surface area contributed by atoms with Crippen molar-refractivity contribution in [1.29, 1.82) is 0 Å². The minimum atomic E-state index is -2.66. The van der Waals surface area contributed by atoms with Gasteiger partial charge < -0.3 is 5.73 Å². The summed E-state index contributed by atoms with van der Waals surface area (Å²) in [5.41, 5.74) is 4.82. The molecule has 2 aromatic heterocycles. The summed E-state index contributed by atoms with van der Waals surface area (Å²) in [5.74, 6) is 0. The van der Waals surface area contributed by atoms with Gasteiger partial charge in [-0.2, -0.15) is 5.10 Å². The van der Waals surface area contributed by atoms with E-state index in [4.69, 9.17) is 5.73 Å². The Labute approximate surface area is 102 Å². The molecule has 0 aliphatic heterocycles. The molecule has 0 unspecified atom stereocenters. The van der Waals surface area contributed by atoms with Gasteiger partial charge in [-0.3, -0.25) is 14.8 Å². The molecule has 0 fully saturated rings. The molecule has 0 bridgehead atoms. The van der Waals surface area contributed by atoms with Crippen molar-refractivity contribution in [3.8, 4) is 10.7 Å². The van der Waals surface area contributed by atoms with Gasteiger partial charge in [-0.05, 0) is 0 Å². The third-order valence-electron chi connectivity index (χ3n) is 1.91. The van der Waals surface area contributed by atoms with Crippen LogP contribution in [0.2, 0.25) is 0 Å². The molecule has 0 radical (unpaired) electrons. The van der Waals surface area contributed by atoms with E-state index in [-0.39, 0.29) is 15.8 Å². The van der Waals surface area contributed by atoms with Crippen molar-refractivity contribution >= 4 is 22.2 Å². The number of nitrogens with two attached hydrogens (primary N) is 1. The fraction of sp³-hybridized carbons (Fsp3) is 0.286. The zero-order chi connectivity index (χ0) is 13.3. The molecule has 18 heavy (non-hydrogen) atoms. The van der Waals surface area contributed by atoms with Crippen molar-refractivity contribution in [2.75, 3.05) is 5.73 Å². The largest absolute Gasteiger partial charge is 0.374 e. The molecule has 0 spiro atoms. The SMILES string of the molecule is Nc1nnc(-c2nn(CC(F)F)cc2[N+](=O)[O-])s1. The summed E-state index contributed by atoms with van der Waals surface area (Å²) in [6.45, 7) is -0.727. The van der Waals surface area contributed by atoms with Crippen molar-refractivity contribution in [3.05, 3.63) is 16.3 Å². The van der Waals surface area contributed by atoms with Gasteiger partial charge in [-0.1, -0.05) is 11.3 Å². The van der Waals surface area contributed by atoms with Gasteiger partial charge in [0.2, 0.25) is 10.8 Å². The van der Waals surface area contributed by atoms with Gasteiger partial charge in [0.05, 0.1) is 4.92 Å². The molecule has 2 rings (SSSR count). The van der Waals surface area contributed by atoms with Crippen LogP contribution in [0, 0.1) is 10.1 Å². The summed E-state index contributed by atoms with van der Waals surface area (Å²) in [6.07, 6.45) is -1.73. The van der Waals surface area contributed by atoms with Crippen LogP contribution in [-0.2, 0) is 6.54 Å². The number of alkyl halides is 2. The molecule has 0 saturated carbocycles. The van der Waals surface area contributed by atoms with Crippen molar-refractivity contribution in [2.24, 2.45) is 0 Å². The smallest absolute Gasteiger partial charge is 0.317 e. The second kappa shape index (κ2) is 4.60. The standard InChI is InChI=1S/C7H6F2N6O2S/c8-4(9)2-14-1-3(15(16)17)5(13-14)6-11-12-7(10)18-6/h1,4H,2H2,(H2,10,12). The maximum atomic E-state index is 12.2. The molecule has 2 N–H and O–H groups in total. The van der Waals surface area contributed by atoms with E-state index < -0.39 is 23.6 Å². The van der Waals surface area contributed by atoms with E-state index in [0.717, 1.165) is 22.2 Å². The first kappa shape index (κ1) is 12.3. The molecule has 8 nitrogen and oxygen atoms in total. The Balaban J connectivity index is 2.44. The van der Waals surface area contributed by atoms with Crippen LogP contribution in [0.5, 0.6) is 0 Å². The molecule has 0 aliphatic rings. The summed E-state index contributed by atoms with van der Waals surface area (Å²) < 4.78 is 25.2. The van der Waals surface area contributed by atoms with Crippen molar-refractivity contribution in [3.63, 3.8) is 0 Å². The molecule has 11 heteroatoms.